The van der Waals surface area contributed by atoms with Gasteiger partial charge in [-0.25, -0.2) is 0 Å². The predicted molar refractivity (Wildman–Crippen MR) is 69.1 cm³/mol. The number of esters is 1. The third kappa shape index (κ3) is 4.52. The van der Waals surface area contributed by atoms with E-state index in [0.717, 1.165) is 12.8 Å². The highest BCUT2D eigenvalue weighted by Gasteiger charge is 2.35. The van der Waals surface area contributed by atoms with E-state index >= 15 is 0 Å². The topological polar surface area (TPSA) is 82.4 Å². The summed E-state index contributed by atoms with van der Waals surface area (Å²) in [5.74, 6) is -0.584. The second kappa shape index (κ2) is 7.10. The van der Waals surface area contributed by atoms with Crippen LogP contribution >= 0.6 is 0 Å². The molecular weight excluding hydrogens is 246 g/mol. The van der Waals surface area contributed by atoms with Gasteiger partial charge in [0.1, 0.15) is 5.54 Å². The van der Waals surface area contributed by atoms with Gasteiger partial charge in [0.2, 0.25) is 5.91 Å². The van der Waals surface area contributed by atoms with Crippen molar-refractivity contribution in [2.45, 2.75) is 38.1 Å². The Bertz CT molecular complexity index is 370. The molecule has 1 fully saturated rings. The summed E-state index contributed by atoms with van der Waals surface area (Å²) in [6.45, 7) is 2.63. The smallest absolute Gasteiger partial charge is 0.319 e. The fourth-order valence-corrected chi connectivity index (χ4v) is 2.28. The maximum Gasteiger partial charge on any atom is 0.319 e. The van der Waals surface area contributed by atoms with Crippen LogP contribution in [0.4, 0.5) is 0 Å². The molecule has 0 aliphatic heterocycles. The summed E-state index contributed by atoms with van der Waals surface area (Å²) in [5, 5.41) is 12.0. The van der Waals surface area contributed by atoms with Crippen molar-refractivity contribution in [3.05, 3.63) is 0 Å². The zero-order valence-electron chi connectivity index (χ0n) is 11.6. The first-order chi connectivity index (χ1) is 9.05. The van der Waals surface area contributed by atoms with Crippen molar-refractivity contribution in [2.24, 2.45) is 0 Å². The lowest BCUT2D eigenvalue weighted by Crippen LogP contribution is -2.49. The van der Waals surface area contributed by atoms with E-state index in [0.29, 0.717) is 19.4 Å². The standard InChI is InChI=1S/C13H21N3O3/c1-3-16(9-12(18)19-2)8-11(17)15-13(10-14)6-4-5-7-13/h3-9H2,1-2H3,(H,15,17). The maximum absolute atomic E-state index is 11.9. The predicted octanol–water partition coefficient (Wildman–Crippen LogP) is 0.434. The van der Waals surface area contributed by atoms with Gasteiger partial charge >= 0.3 is 5.97 Å². The summed E-state index contributed by atoms with van der Waals surface area (Å²) in [6.07, 6.45) is 3.34. The van der Waals surface area contributed by atoms with Crippen LogP contribution in [0.2, 0.25) is 0 Å². The summed E-state index contributed by atoms with van der Waals surface area (Å²) in [4.78, 5) is 24.8. The third-order valence-corrected chi connectivity index (χ3v) is 3.44. The molecule has 0 atom stereocenters. The van der Waals surface area contributed by atoms with Crippen molar-refractivity contribution < 1.29 is 14.3 Å². The Morgan fingerprint density at radius 3 is 2.47 bits per heavy atom. The van der Waals surface area contributed by atoms with Gasteiger partial charge in [0, 0.05) is 0 Å². The zero-order valence-corrected chi connectivity index (χ0v) is 11.6. The molecular formula is C13H21N3O3. The van der Waals surface area contributed by atoms with Crippen LogP contribution < -0.4 is 5.32 Å². The second-order valence-electron chi connectivity index (χ2n) is 4.83. The van der Waals surface area contributed by atoms with E-state index in [1.807, 2.05) is 6.92 Å². The fourth-order valence-electron chi connectivity index (χ4n) is 2.28. The fraction of sp³-hybridized carbons (Fsp3) is 0.769. The summed E-state index contributed by atoms with van der Waals surface area (Å²) in [5.41, 5.74) is -0.707. The van der Waals surface area contributed by atoms with Crippen molar-refractivity contribution >= 4 is 11.9 Å². The molecule has 0 radical (unpaired) electrons. The Hall–Kier alpha value is -1.61. The Morgan fingerprint density at radius 2 is 2.00 bits per heavy atom. The van der Waals surface area contributed by atoms with E-state index in [2.05, 4.69) is 16.1 Å². The van der Waals surface area contributed by atoms with Gasteiger partial charge in [-0.05, 0) is 32.2 Å². The molecule has 0 saturated heterocycles. The maximum atomic E-state index is 11.9. The lowest BCUT2D eigenvalue weighted by atomic mass is 10.00. The molecule has 0 unspecified atom stereocenters. The monoisotopic (exact) mass is 267 g/mol. The minimum atomic E-state index is -0.707. The van der Waals surface area contributed by atoms with Crippen LogP contribution in [0.15, 0.2) is 0 Å². The van der Waals surface area contributed by atoms with Crippen molar-refractivity contribution in [1.29, 1.82) is 5.26 Å². The highest BCUT2D eigenvalue weighted by atomic mass is 16.5. The molecule has 1 aliphatic carbocycles. The first-order valence-corrected chi connectivity index (χ1v) is 6.56. The van der Waals surface area contributed by atoms with Crippen molar-refractivity contribution in [3.63, 3.8) is 0 Å². The second-order valence-corrected chi connectivity index (χ2v) is 4.83. The van der Waals surface area contributed by atoms with E-state index in [-0.39, 0.29) is 25.0 Å². The normalized spacial score (nSPS) is 16.9. The number of likely N-dealkylation sites (N-methyl/N-ethyl adjacent to an activating group) is 1. The van der Waals surface area contributed by atoms with Crippen molar-refractivity contribution in [3.8, 4) is 6.07 Å². The average Bonchev–Trinajstić information content (AvgIpc) is 2.86. The number of hydrogen-bond acceptors (Lipinski definition) is 5. The van der Waals surface area contributed by atoms with Gasteiger partial charge in [-0.2, -0.15) is 5.26 Å². The number of rotatable bonds is 6. The largest absolute Gasteiger partial charge is 0.468 e. The number of carbonyl (C=O) groups is 2. The minimum absolute atomic E-state index is 0.0833. The first-order valence-electron chi connectivity index (χ1n) is 6.56. The van der Waals surface area contributed by atoms with Crippen LogP contribution in [0.1, 0.15) is 32.6 Å². The zero-order chi connectivity index (χ0) is 14.3. The molecule has 6 heteroatoms. The van der Waals surface area contributed by atoms with Gasteiger partial charge in [-0.3, -0.25) is 14.5 Å². The van der Waals surface area contributed by atoms with Gasteiger partial charge in [0.15, 0.2) is 0 Å². The van der Waals surface area contributed by atoms with Gasteiger partial charge in [-0.15, -0.1) is 0 Å². The molecule has 6 nitrogen and oxygen atoms in total. The molecule has 0 aromatic rings. The molecule has 1 rings (SSSR count). The number of nitrogens with zero attached hydrogens (tertiary/aromatic N) is 2. The van der Waals surface area contributed by atoms with Crippen LogP contribution in [0, 0.1) is 11.3 Å². The van der Waals surface area contributed by atoms with Crippen LogP contribution in [-0.2, 0) is 14.3 Å². The average molecular weight is 267 g/mol. The molecule has 1 N–H and O–H groups in total. The third-order valence-electron chi connectivity index (χ3n) is 3.44. The van der Waals surface area contributed by atoms with E-state index < -0.39 is 5.54 Å². The van der Waals surface area contributed by atoms with E-state index in [1.54, 1.807) is 4.90 Å². The van der Waals surface area contributed by atoms with Crippen molar-refractivity contribution in [2.75, 3.05) is 26.7 Å². The highest BCUT2D eigenvalue weighted by molar-refractivity contribution is 5.80. The molecule has 1 aliphatic rings. The van der Waals surface area contributed by atoms with Crippen LogP contribution in [0.25, 0.3) is 0 Å². The van der Waals surface area contributed by atoms with Crippen molar-refractivity contribution in [1.82, 2.24) is 10.2 Å². The van der Waals surface area contributed by atoms with Gasteiger partial charge in [0.25, 0.3) is 0 Å². The van der Waals surface area contributed by atoms with Gasteiger partial charge in [-0.1, -0.05) is 6.92 Å². The SMILES string of the molecule is CCN(CC(=O)NC1(C#N)CCCC1)CC(=O)OC. The summed E-state index contributed by atoms with van der Waals surface area (Å²) < 4.78 is 4.57. The Morgan fingerprint density at radius 1 is 1.37 bits per heavy atom. The quantitative estimate of drug-likeness (QED) is 0.706. The van der Waals surface area contributed by atoms with E-state index in [9.17, 15) is 14.9 Å². The van der Waals surface area contributed by atoms with Crippen LogP contribution in [0.3, 0.4) is 0 Å². The molecule has 0 bridgehead atoms. The number of methoxy groups -OCH3 is 1. The molecule has 106 valence electrons. The van der Waals surface area contributed by atoms with E-state index in [1.165, 1.54) is 7.11 Å². The van der Waals surface area contributed by atoms with Gasteiger partial charge in [0.05, 0.1) is 26.3 Å². The number of nitriles is 1. The Kier molecular flexibility index (Phi) is 5.77. The minimum Gasteiger partial charge on any atom is -0.468 e. The first kappa shape index (κ1) is 15.4. The molecule has 19 heavy (non-hydrogen) atoms. The summed E-state index contributed by atoms with van der Waals surface area (Å²) in [6, 6.07) is 2.21. The Balaban J connectivity index is 2.49. The van der Waals surface area contributed by atoms with E-state index in [4.69, 9.17) is 0 Å². The molecule has 1 amide bonds. The molecule has 0 spiro atoms. The van der Waals surface area contributed by atoms with Gasteiger partial charge < -0.3 is 10.1 Å². The number of amides is 1. The number of hydrogen-bond donors (Lipinski definition) is 1. The number of ether oxygens (including phenoxy) is 1. The molecule has 1 saturated carbocycles. The number of nitrogens with one attached hydrogen (secondary N) is 1. The number of carbonyl (C=O) groups excluding carboxylic acids is 2. The molecule has 0 aromatic carbocycles. The summed E-state index contributed by atoms with van der Waals surface area (Å²) in [7, 11) is 1.32. The molecule has 0 aromatic heterocycles. The lowest BCUT2D eigenvalue weighted by molar-refractivity contribution is -0.142. The van der Waals surface area contributed by atoms with Crippen LogP contribution in [0.5, 0.6) is 0 Å². The lowest BCUT2D eigenvalue weighted by Gasteiger charge is -2.24. The summed E-state index contributed by atoms with van der Waals surface area (Å²) >= 11 is 0. The van der Waals surface area contributed by atoms with Crippen LogP contribution in [-0.4, -0.2) is 49.1 Å². The Labute approximate surface area is 113 Å². The highest BCUT2D eigenvalue weighted by Crippen LogP contribution is 2.28. The molecule has 0 heterocycles.